The molecular weight excluding hydrogens is 269 g/mol. The summed E-state index contributed by atoms with van der Waals surface area (Å²) in [6, 6.07) is 11.9. The Labute approximate surface area is 122 Å². The number of carbonyl (C=O) groups is 1. The van der Waals surface area contributed by atoms with Crippen LogP contribution in [-0.2, 0) is 11.2 Å². The maximum absolute atomic E-state index is 13.5. The number of carbonyl (C=O) groups excluding carboxylic acids is 1. The van der Waals surface area contributed by atoms with Gasteiger partial charge in [0, 0.05) is 6.54 Å². The lowest BCUT2D eigenvalue weighted by Gasteiger charge is -2.20. The van der Waals surface area contributed by atoms with E-state index in [2.05, 4.69) is 5.32 Å². The van der Waals surface area contributed by atoms with Crippen molar-refractivity contribution in [1.82, 2.24) is 0 Å². The van der Waals surface area contributed by atoms with Gasteiger partial charge in [-0.1, -0.05) is 24.3 Å². The molecule has 1 aliphatic rings. The second-order valence-electron chi connectivity index (χ2n) is 5.05. The van der Waals surface area contributed by atoms with Gasteiger partial charge in [0.2, 0.25) is 5.91 Å². The molecule has 5 heteroatoms. The quantitative estimate of drug-likeness (QED) is 0.851. The van der Waals surface area contributed by atoms with Gasteiger partial charge in [-0.05, 0) is 30.2 Å². The summed E-state index contributed by atoms with van der Waals surface area (Å²) < 4.78 is 13.5. The number of hydrogen-bond acceptors (Lipinski definition) is 3. The van der Waals surface area contributed by atoms with Crippen molar-refractivity contribution >= 4 is 23.0 Å². The van der Waals surface area contributed by atoms with Crippen LogP contribution in [0.1, 0.15) is 5.56 Å². The molecule has 0 aliphatic carbocycles. The minimum atomic E-state index is -0.438. The predicted molar refractivity (Wildman–Crippen MR) is 81.8 cm³/mol. The predicted octanol–water partition coefficient (Wildman–Crippen LogP) is 2.41. The van der Waals surface area contributed by atoms with Gasteiger partial charge in [-0.3, -0.25) is 4.79 Å². The largest absolute Gasteiger partial charge is 0.397 e. The third-order valence-corrected chi connectivity index (χ3v) is 3.60. The number of amides is 1. The Balaban J connectivity index is 1.72. The Bertz CT molecular complexity index is 687. The zero-order valence-electron chi connectivity index (χ0n) is 11.5. The second kappa shape index (κ2) is 5.44. The summed E-state index contributed by atoms with van der Waals surface area (Å²) in [4.78, 5) is 14.0. The van der Waals surface area contributed by atoms with Crippen LogP contribution in [0.5, 0.6) is 0 Å². The summed E-state index contributed by atoms with van der Waals surface area (Å²) in [5, 5.41) is 2.59. The molecule has 0 atom stereocenters. The van der Waals surface area contributed by atoms with Gasteiger partial charge in [-0.25, -0.2) is 4.39 Å². The van der Waals surface area contributed by atoms with E-state index in [0.717, 1.165) is 24.2 Å². The minimum Gasteiger partial charge on any atom is -0.397 e. The Morgan fingerprint density at radius 1 is 1.24 bits per heavy atom. The van der Waals surface area contributed by atoms with E-state index in [0.29, 0.717) is 5.69 Å². The Morgan fingerprint density at radius 2 is 2.05 bits per heavy atom. The fourth-order valence-electron chi connectivity index (χ4n) is 2.65. The van der Waals surface area contributed by atoms with Crippen LogP contribution >= 0.6 is 0 Å². The average molecular weight is 285 g/mol. The van der Waals surface area contributed by atoms with E-state index in [4.69, 9.17) is 5.73 Å². The first-order valence-corrected chi connectivity index (χ1v) is 6.82. The van der Waals surface area contributed by atoms with E-state index in [1.807, 2.05) is 23.1 Å². The molecule has 0 saturated heterocycles. The van der Waals surface area contributed by atoms with Crippen molar-refractivity contribution in [3.05, 3.63) is 53.8 Å². The Hall–Kier alpha value is -2.56. The summed E-state index contributed by atoms with van der Waals surface area (Å²) in [6.45, 7) is 0.907. The molecule has 3 N–H and O–H groups in total. The van der Waals surface area contributed by atoms with Gasteiger partial charge in [0.25, 0.3) is 0 Å². The molecule has 21 heavy (non-hydrogen) atoms. The number of nitrogens with zero attached hydrogens (tertiary/aromatic N) is 1. The van der Waals surface area contributed by atoms with Crippen molar-refractivity contribution in [3.8, 4) is 0 Å². The first-order valence-electron chi connectivity index (χ1n) is 6.82. The fraction of sp³-hybridized carbons (Fsp3) is 0.188. The summed E-state index contributed by atoms with van der Waals surface area (Å²) in [7, 11) is 0. The molecule has 3 rings (SSSR count). The third kappa shape index (κ3) is 2.67. The molecule has 0 saturated carbocycles. The van der Waals surface area contributed by atoms with Crippen molar-refractivity contribution in [3.63, 3.8) is 0 Å². The molecule has 0 spiro atoms. The lowest BCUT2D eigenvalue weighted by molar-refractivity contribution is -0.115. The number of nitrogens with two attached hydrogens (primary N) is 1. The van der Waals surface area contributed by atoms with Crippen LogP contribution in [0.3, 0.4) is 0 Å². The number of hydrogen-bond donors (Lipinski definition) is 2. The number of anilines is 3. The molecule has 1 amide bonds. The SMILES string of the molecule is Nc1cccc2c1N(CC(=O)Nc1ccccc1F)CC2. The van der Waals surface area contributed by atoms with Crippen molar-refractivity contribution in [2.24, 2.45) is 0 Å². The van der Waals surface area contributed by atoms with E-state index in [1.165, 1.54) is 6.07 Å². The Morgan fingerprint density at radius 3 is 2.86 bits per heavy atom. The molecule has 1 heterocycles. The lowest BCUT2D eigenvalue weighted by atomic mass is 10.1. The van der Waals surface area contributed by atoms with Crippen LogP contribution < -0.4 is 16.0 Å². The van der Waals surface area contributed by atoms with Crippen LogP contribution in [0.15, 0.2) is 42.5 Å². The molecule has 2 aromatic rings. The zero-order chi connectivity index (χ0) is 14.8. The maximum atomic E-state index is 13.5. The number of benzene rings is 2. The number of nitrogen functional groups attached to an aromatic ring is 1. The van der Waals surface area contributed by atoms with Gasteiger partial charge in [0.05, 0.1) is 23.6 Å². The molecule has 2 aromatic carbocycles. The molecule has 0 aromatic heterocycles. The van der Waals surface area contributed by atoms with Crippen molar-refractivity contribution in [1.29, 1.82) is 0 Å². The number of para-hydroxylation sites is 2. The van der Waals surface area contributed by atoms with Crippen molar-refractivity contribution in [2.45, 2.75) is 6.42 Å². The van der Waals surface area contributed by atoms with E-state index < -0.39 is 5.82 Å². The fourth-order valence-corrected chi connectivity index (χ4v) is 2.65. The van der Waals surface area contributed by atoms with Gasteiger partial charge >= 0.3 is 0 Å². The van der Waals surface area contributed by atoms with E-state index >= 15 is 0 Å². The van der Waals surface area contributed by atoms with Crippen LogP contribution in [0.2, 0.25) is 0 Å². The summed E-state index contributed by atoms with van der Waals surface area (Å²) in [6.07, 6.45) is 0.868. The first kappa shape index (κ1) is 13.4. The van der Waals surface area contributed by atoms with Gasteiger partial charge in [0.15, 0.2) is 0 Å². The summed E-state index contributed by atoms with van der Waals surface area (Å²) >= 11 is 0. The minimum absolute atomic E-state index is 0.162. The smallest absolute Gasteiger partial charge is 0.243 e. The standard InChI is InChI=1S/C16H16FN3O/c17-12-5-1-2-7-14(12)19-15(21)10-20-9-8-11-4-3-6-13(18)16(11)20/h1-7H,8-10,18H2,(H,19,21). The van der Waals surface area contributed by atoms with Crippen molar-refractivity contribution < 1.29 is 9.18 Å². The van der Waals surface area contributed by atoms with Gasteiger partial charge in [-0.15, -0.1) is 0 Å². The maximum Gasteiger partial charge on any atom is 0.243 e. The second-order valence-corrected chi connectivity index (χ2v) is 5.05. The number of rotatable bonds is 3. The molecule has 108 valence electrons. The van der Waals surface area contributed by atoms with E-state index in [1.54, 1.807) is 18.2 Å². The molecule has 0 radical (unpaired) electrons. The highest BCUT2D eigenvalue weighted by atomic mass is 19.1. The van der Waals surface area contributed by atoms with Crippen LogP contribution in [0.25, 0.3) is 0 Å². The lowest BCUT2D eigenvalue weighted by Crippen LogP contribution is -2.32. The van der Waals surface area contributed by atoms with E-state index in [-0.39, 0.29) is 18.1 Å². The van der Waals surface area contributed by atoms with Gasteiger partial charge in [-0.2, -0.15) is 0 Å². The number of nitrogens with one attached hydrogen (secondary N) is 1. The van der Waals surface area contributed by atoms with E-state index in [9.17, 15) is 9.18 Å². The van der Waals surface area contributed by atoms with Crippen molar-refractivity contribution in [2.75, 3.05) is 29.0 Å². The van der Waals surface area contributed by atoms with Gasteiger partial charge in [0.1, 0.15) is 5.82 Å². The normalized spacial score (nSPS) is 13.1. The van der Waals surface area contributed by atoms with Crippen LogP contribution in [0.4, 0.5) is 21.5 Å². The monoisotopic (exact) mass is 285 g/mol. The third-order valence-electron chi connectivity index (χ3n) is 3.60. The highest BCUT2D eigenvalue weighted by Crippen LogP contribution is 2.33. The van der Waals surface area contributed by atoms with Gasteiger partial charge < -0.3 is 16.0 Å². The summed E-state index contributed by atoms with van der Waals surface area (Å²) in [5.41, 5.74) is 8.91. The number of halogens is 1. The molecule has 0 bridgehead atoms. The van der Waals surface area contributed by atoms with Crippen LogP contribution in [-0.4, -0.2) is 19.0 Å². The molecule has 0 unspecified atom stereocenters. The molecule has 0 fully saturated rings. The highest BCUT2D eigenvalue weighted by molar-refractivity contribution is 5.95. The molecular formula is C16H16FN3O. The highest BCUT2D eigenvalue weighted by Gasteiger charge is 2.23. The zero-order valence-corrected chi connectivity index (χ0v) is 11.5. The molecule has 4 nitrogen and oxygen atoms in total. The number of fused-ring (bicyclic) bond motifs is 1. The van der Waals surface area contributed by atoms with Crippen LogP contribution in [0, 0.1) is 5.82 Å². The first-order chi connectivity index (χ1) is 10.1. The average Bonchev–Trinajstić information content (AvgIpc) is 2.86. The topological polar surface area (TPSA) is 58.4 Å². The molecule has 1 aliphatic heterocycles. The summed E-state index contributed by atoms with van der Waals surface area (Å²) in [5.74, 6) is -0.691. The Kier molecular flexibility index (Phi) is 3.48.